The van der Waals surface area contributed by atoms with Crippen molar-refractivity contribution >= 4 is 20.9 Å². The van der Waals surface area contributed by atoms with Gasteiger partial charge in [-0.05, 0) is 12.1 Å². The van der Waals surface area contributed by atoms with Gasteiger partial charge in [0.1, 0.15) is 0 Å². The van der Waals surface area contributed by atoms with Crippen LogP contribution >= 0.6 is 0 Å². The summed E-state index contributed by atoms with van der Waals surface area (Å²) in [6, 6.07) is 3.22. The molecule has 5 heteroatoms. The highest BCUT2D eigenvalue weighted by atomic mass is 32.2. The highest BCUT2D eigenvalue weighted by molar-refractivity contribution is 7.90. The van der Waals surface area contributed by atoms with E-state index in [1.165, 1.54) is 12.5 Å². The molecule has 2 aromatic rings. The Labute approximate surface area is 88.9 Å². The highest BCUT2D eigenvalue weighted by Crippen LogP contribution is 2.16. The summed E-state index contributed by atoms with van der Waals surface area (Å²) in [5, 5.41) is 0.697. The zero-order valence-corrected chi connectivity index (χ0v) is 9.71. The SMILES string of the molecule is CC.CS(=O)(=O)c1cnc2occc2c1. The van der Waals surface area contributed by atoms with Gasteiger partial charge in [0.2, 0.25) is 5.71 Å². The molecule has 0 atom stereocenters. The first-order valence-corrected chi connectivity index (χ1v) is 6.50. The Morgan fingerprint density at radius 3 is 2.60 bits per heavy atom. The molecule has 0 aliphatic carbocycles. The lowest BCUT2D eigenvalue weighted by Crippen LogP contribution is -1.96. The van der Waals surface area contributed by atoms with Gasteiger partial charge in [0.05, 0.1) is 11.2 Å². The van der Waals surface area contributed by atoms with E-state index in [-0.39, 0.29) is 4.90 Å². The number of furan rings is 1. The summed E-state index contributed by atoms with van der Waals surface area (Å²) in [4.78, 5) is 4.07. The van der Waals surface area contributed by atoms with Gasteiger partial charge in [-0.3, -0.25) is 0 Å². The van der Waals surface area contributed by atoms with Crippen LogP contribution in [0.15, 0.2) is 33.9 Å². The third-order valence-electron chi connectivity index (χ3n) is 1.71. The fourth-order valence-corrected chi connectivity index (χ4v) is 1.63. The van der Waals surface area contributed by atoms with Crippen molar-refractivity contribution in [1.29, 1.82) is 0 Å². The lowest BCUT2D eigenvalue weighted by molar-refractivity contribution is 0.598. The molecule has 0 aliphatic heterocycles. The Morgan fingerprint density at radius 2 is 2.00 bits per heavy atom. The monoisotopic (exact) mass is 227 g/mol. The number of sulfone groups is 1. The molecule has 0 saturated heterocycles. The summed E-state index contributed by atoms with van der Waals surface area (Å²) in [5.41, 5.74) is 0.451. The quantitative estimate of drug-likeness (QED) is 0.749. The second kappa shape index (κ2) is 4.44. The first-order valence-electron chi connectivity index (χ1n) is 4.61. The van der Waals surface area contributed by atoms with E-state index in [1.807, 2.05) is 13.8 Å². The van der Waals surface area contributed by atoms with E-state index in [0.29, 0.717) is 11.1 Å². The van der Waals surface area contributed by atoms with Gasteiger partial charge < -0.3 is 4.42 Å². The summed E-state index contributed by atoms with van der Waals surface area (Å²) in [6.07, 6.45) is 3.92. The Hall–Kier alpha value is -1.36. The fourth-order valence-electron chi connectivity index (χ4n) is 1.04. The van der Waals surface area contributed by atoms with Gasteiger partial charge in [0.25, 0.3) is 0 Å². The molecule has 15 heavy (non-hydrogen) atoms. The molecule has 0 bridgehead atoms. The van der Waals surface area contributed by atoms with Crippen LogP contribution in [0.4, 0.5) is 0 Å². The maximum atomic E-state index is 11.1. The van der Waals surface area contributed by atoms with Crippen molar-refractivity contribution in [3.05, 3.63) is 24.6 Å². The van der Waals surface area contributed by atoms with E-state index in [9.17, 15) is 8.42 Å². The molecule has 0 saturated carbocycles. The number of aromatic nitrogens is 1. The topological polar surface area (TPSA) is 60.2 Å². The van der Waals surface area contributed by atoms with Crippen LogP contribution in [0, 0.1) is 0 Å². The molecule has 0 aliphatic rings. The van der Waals surface area contributed by atoms with Gasteiger partial charge in [-0.15, -0.1) is 0 Å². The van der Waals surface area contributed by atoms with Crippen molar-refractivity contribution in [2.45, 2.75) is 18.7 Å². The fraction of sp³-hybridized carbons (Fsp3) is 0.300. The van der Waals surface area contributed by atoms with Crippen LogP contribution in [0.1, 0.15) is 13.8 Å². The van der Waals surface area contributed by atoms with Crippen LogP contribution in [0.3, 0.4) is 0 Å². The third-order valence-corrected chi connectivity index (χ3v) is 2.79. The molecule has 0 aromatic carbocycles. The summed E-state index contributed by atoms with van der Waals surface area (Å²) < 4.78 is 27.2. The van der Waals surface area contributed by atoms with Gasteiger partial charge in [-0.25, -0.2) is 13.4 Å². The first-order chi connectivity index (χ1) is 7.07. The van der Waals surface area contributed by atoms with Gasteiger partial charge in [-0.1, -0.05) is 13.8 Å². The summed E-state index contributed by atoms with van der Waals surface area (Å²) in [7, 11) is -3.18. The minimum Gasteiger partial charge on any atom is -0.446 e. The van der Waals surface area contributed by atoms with Crippen LogP contribution in [0.25, 0.3) is 11.1 Å². The van der Waals surface area contributed by atoms with Gasteiger partial charge in [-0.2, -0.15) is 0 Å². The predicted octanol–water partition coefficient (Wildman–Crippen LogP) is 2.26. The zero-order valence-electron chi connectivity index (χ0n) is 8.89. The van der Waals surface area contributed by atoms with Crippen LogP contribution < -0.4 is 0 Å². The zero-order chi connectivity index (χ0) is 11.5. The van der Waals surface area contributed by atoms with E-state index in [4.69, 9.17) is 4.42 Å². The summed E-state index contributed by atoms with van der Waals surface area (Å²) in [6.45, 7) is 4.00. The molecular formula is C10H13NO3S. The van der Waals surface area contributed by atoms with Crippen molar-refractivity contribution in [1.82, 2.24) is 4.98 Å². The number of nitrogens with zero attached hydrogens (tertiary/aromatic N) is 1. The molecule has 82 valence electrons. The Morgan fingerprint density at radius 1 is 1.33 bits per heavy atom. The smallest absolute Gasteiger partial charge is 0.225 e. The van der Waals surface area contributed by atoms with Crippen molar-refractivity contribution in [3.63, 3.8) is 0 Å². The lowest BCUT2D eigenvalue weighted by Gasteiger charge is -1.95. The minimum absolute atomic E-state index is 0.210. The molecule has 0 spiro atoms. The third kappa shape index (κ3) is 2.56. The predicted molar refractivity (Wildman–Crippen MR) is 58.5 cm³/mol. The average Bonchev–Trinajstić information content (AvgIpc) is 2.66. The maximum absolute atomic E-state index is 11.1. The van der Waals surface area contributed by atoms with E-state index in [0.717, 1.165) is 6.26 Å². The number of hydrogen-bond donors (Lipinski definition) is 0. The summed E-state index contributed by atoms with van der Waals surface area (Å²) >= 11 is 0. The Balaban J connectivity index is 0.000000531. The lowest BCUT2D eigenvalue weighted by atomic mass is 10.3. The summed E-state index contributed by atoms with van der Waals surface area (Å²) in [5.74, 6) is 0. The van der Waals surface area contributed by atoms with Gasteiger partial charge >= 0.3 is 0 Å². The molecule has 2 aromatic heterocycles. The maximum Gasteiger partial charge on any atom is 0.225 e. The van der Waals surface area contributed by atoms with Crippen LogP contribution in [-0.4, -0.2) is 19.7 Å². The van der Waals surface area contributed by atoms with E-state index in [1.54, 1.807) is 12.1 Å². The van der Waals surface area contributed by atoms with Gasteiger partial charge in [0, 0.05) is 17.8 Å². The minimum atomic E-state index is -3.18. The van der Waals surface area contributed by atoms with Crippen LogP contribution in [0.5, 0.6) is 0 Å². The molecule has 0 N–H and O–H groups in total. The molecular weight excluding hydrogens is 214 g/mol. The van der Waals surface area contributed by atoms with E-state index in [2.05, 4.69) is 4.98 Å². The van der Waals surface area contributed by atoms with Crippen molar-refractivity contribution in [2.75, 3.05) is 6.26 Å². The molecule has 2 heterocycles. The Kier molecular flexibility index (Phi) is 3.47. The van der Waals surface area contributed by atoms with Crippen LogP contribution in [0.2, 0.25) is 0 Å². The standard InChI is InChI=1S/C8H7NO3S.C2H6/c1-13(10,11)7-4-6-2-3-12-8(6)9-5-7;1-2/h2-5H,1H3;1-2H3. The molecule has 0 fully saturated rings. The number of hydrogen-bond acceptors (Lipinski definition) is 4. The molecule has 0 unspecified atom stereocenters. The van der Waals surface area contributed by atoms with Crippen molar-refractivity contribution in [2.24, 2.45) is 0 Å². The molecule has 0 radical (unpaired) electrons. The first kappa shape index (κ1) is 11.7. The normalized spacial score (nSPS) is 10.9. The number of rotatable bonds is 1. The van der Waals surface area contributed by atoms with Crippen LogP contribution in [-0.2, 0) is 9.84 Å². The Bertz CT molecular complexity index is 543. The highest BCUT2D eigenvalue weighted by Gasteiger charge is 2.09. The number of pyridine rings is 1. The largest absolute Gasteiger partial charge is 0.446 e. The van der Waals surface area contributed by atoms with Gasteiger partial charge in [0.15, 0.2) is 9.84 Å². The second-order valence-electron chi connectivity index (χ2n) is 2.76. The number of fused-ring (bicyclic) bond motifs is 1. The second-order valence-corrected chi connectivity index (χ2v) is 4.77. The molecule has 2 rings (SSSR count). The molecule has 4 nitrogen and oxygen atoms in total. The molecule has 0 amide bonds. The van der Waals surface area contributed by atoms with Crippen molar-refractivity contribution < 1.29 is 12.8 Å². The van der Waals surface area contributed by atoms with E-state index < -0.39 is 9.84 Å². The average molecular weight is 227 g/mol. The van der Waals surface area contributed by atoms with Crippen molar-refractivity contribution in [3.8, 4) is 0 Å². The van der Waals surface area contributed by atoms with E-state index >= 15 is 0 Å².